The summed E-state index contributed by atoms with van der Waals surface area (Å²) in [5, 5.41) is 11.9. The molecule has 1 atom stereocenters. The van der Waals surface area contributed by atoms with Gasteiger partial charge in [-0.05, 0) is 34.7 Å². The van der Waals surface area contributed by atoms with Gasteiger partial charge in [0.05, 0.1) is 0 Å². The number of hydrogen-bond donors (Lipinski definition) is 2. The van der Waals surface area contributed by atoms with Crippen LogP contribution in [0.1, 0.15) is 23.5 Å². The Balaban J connectivity index is 1.39. The summed E-state index contributed by atoms with van der Waals surface area (Å²) in [5.41, 5.74) is 4.16. The first-order chi connectivity index (χ1) is 15.0. The minimum Gasteiger partial charge on any atom is -0.480 e. The fraction of sp³-hybridized carbons (Fsp3) is 0.208. The molecule has 31 heavy (non-hydrogen) atoms. The summed E-state index contributed by atoms with van der Waals surface area (Å²) in [4.78, 5) is 35.7. The Morgan fingerprint density at radius 3 is 2.19 bits per heavy atom. The molecule has 158 valence electrons. The number of carboxylic acid groups (broad SMARTS) is 1. The van der Waals surface area contributed by atoms with Gasteiger partial charge >= 0.3 is 12.1 Å². The van der Waals surface area contributed by atoms with Gasteiger partial charge in [0.2, 0.25) is 5.56 Å². The van der Waals surface area contributed by atoms with Gasteiger partial charge in [0.25, 0.3) is 0 Å². The number of aromatic nitrogens is 1. The SMILES string of the molecule is O=C(NC(CCn1ccccc1=O)C(=O)O)OCC1c2ccccc2-c2ccccc21. The molecule has 7 heteroatoms. The van der Waals surface area contributed by atoms with Crippen molar-refractivity contribution < 1.29 is 19.4 Å². The number of hydrogen-bond acceptors (Lipinski definition) is 4. The molecule has 1 heterocycles. The second-order valence-electron chi connectivity index (χ2n) is 7.38. The maximum atomic E-state index is 12.4. The van der Waals surface area contributed by atoms with E-state index in [9.17, 15) is 19.5 Å². The number of amides is 1. The van der Waals surface area contributed by atoms with Crippen LogP contribution in [0.5, 0.6) is 0 Å². The Bertz CT molecular complexity index is 1120. The molecule has 2 aromatic carbocycles. The highest BCUT2D eigenvalue weighted by Gasteiger charge is 2.29. The van der Waals surface area contributed by atoms with E-state index >= 15 is 0 Å². The van der Waals surface area contributed by atoms with E-state index in [4.69, 9.17) is 4.74 Å². The van der Waals surface area contributed by atoms with Gasteiger partial charge in [-0.2, -0.15) is 0 Å². The molecule has 1 amide bonds. The number of carbonyl (C=O) groups excluding carboxylic acids is 1. The zero-order chi connectivity index (χ0) is 21.8. The van der Waals surface area contributed by atoms with Crippen LogP contribution in [0.3, 0.4) is 0 Å². The number of nitrogens with zero attached hydrogens (tertiary/aromatic N) is 1. The Morgan fingerprint density at radius 1 is 0.968 bits per heavy atom. The van der Waals surface area contributed by atoms with Gasteiger partial charge in [0.15, 0.2) is 0 Å². The van der Waals surface area contributed by atoms with Crippen molar-refractivity contribution in [2.24, 2.45) is 0 Å². The molecule has 1 unspecified atom stereocenters. The number of aliphatic carboxylic acids is 1. The molecule has 0 spiro atoms. The molecular weight excluding hydrogens is 396 g/mol. The summed E-state index contributed by atoms with van der Waals surface area (Å²) in [5.74, 6) is -1.29. The molecule has 0 bridgehead atoms. The van der Waals surface area contributed by atoms with Crippen molar-refractivity contribution >= 4 is 12.1 Å². The molecule has 4 rings (SSSR count). The number of fused-ring (bicyclic) bond motifs is 3. The molecule has 0 saturated heterocycles. The van der Waals surface area contributed by atoms with E-state index < -0.39 is 18.1 Å². The minimum atomic E-state index is -1.18. The van der Waals surface area contributed by atoms with E-state index in [-0.39, 0.29) is 31.0 Å². The van der Waals surface area contributed by atoms with Crippen molar-refractivity contribution in [1.82, 2.24) is 9.88 Å². The van der Waals surface area contributed by atoms with Crippen LogP contribution in [0.15, 0.2) is 77.7 Å². The highest BCUT2D eigenvalue weighted by molar-refractivity contribution is 5.81. The van der Waals surface area contributed by atoms with Crippen molar-refractivity contribution in [2.75, 3.05) is 6.61 Å². The van der Waals surface area contributed by atoms with Crippen LogP contribution in [0.4, 0.5) is 4.79 Å². The van der Waals surface area contributed by atoms with E-state index in [1.54, 1.807) is 18.3 Å². The monoisotopic (exact) mass is 418 g/mol. The lowest BCUT2D eigenvalue weighted by molar-refractivity contribution is -0.139. The molecule has 7 nitrogen and oxygen atoms in total. The molecule has 1 aliphatic rings. The number of rotatable bonds is 7. The smallest absolute Gasteiger partial charge is 0.407 e. The summed E-state index contributed by atoms with van der Waals surface area (Å²) in [7, 11) is 0. The lowest BCUT2D eigenvalue weighted by Crippen LogP contribution is -2.42. The summed E-state index contributed by atoms with van der Waals surface area (Å²) in [6.07, 6.45) is 0.840. The van der Waals surface area contributed by atoms with Gasteiger partial charge in [-0.1, -0.05) is 54.6 Å². The van der Waals surface area contributed by atoms with E-state index in [1.165, 1.54) is 10.6 Å². The van der Waals surface area contributed by atoms with Gasteiger partial charge in [-0.15, -0.1) is 0 Å². The molecule has 0 fully saturated rings. The van der Waals surface area contributed by atoms with Crippen LogP contribution in [0, 0.1) is 0 Å². The number of aryl methyl sites for hydroxylation is 1. The van der Waals surface area contributed by atoms with E-state index in [2.05, 4.69) is 5.32 Å². The summed E-state index contributed by atoms with van der Waals surface area (Å²) in [6.45, 7) is 0.268. The van der Waals surface area contributed by atoms with Crippen molar-refractivity contribution in [3.8, 4) is 11.1 Å². The molecule has 1 aromatic heterocycles. The fourth-order valence-corrected chi connectivity index (χ4v) is 3.95. The van der Waals surface area contributed by atoms with E-state index in [0.717, 1.165) is 22.3 Å². The van der Waals surface area contributed by atoms with Gasteiger partial charge in [-0.25, -0.2) is 9.59 Å². The topological polar surface area (TPSA) is 97.6 Å². The Labute approximate surface area is 178 Å². The largest absolute Gasteiger partial charge is 0.480 e. The summed E-state index contributed by atoms with van der Waals surface area (Å²) in [6, 6.07) is 19.5. The average Bonchev–Trinajstić information content (AvgIpc) is 3.10. The second-order valence-corrected chi connectivity index (χ2v) is 7.38. The number of nitrogens with one attached hydrogen (secondary N) is 1. The van der Waals surface area contributed by atoms with Crippen LogP contribution in [-0.4, -0.2) is 34.4 Å². The Morgan fingerprint density at radius 2 is 1.58 bits per heavy atom. The highest BCUT2D eigenvalue weighted by atomic mass is 16.5. The summed E-state index contributed by atoms with van der Waals surface area (Å²) < 4.78 is 6.81. The normalized spacial score (nSPS) is 13.2. The summed E-state index contributed by atoms with van der Waals surface area (Å²) >= 11 is 0. The molecule has 1 aliphatic carbocycles. The van der Waals surface area contributed by atoms with Gasteiger partial charge in [0.1, 0.15) is 12.6 Å². The third-order valence-electron chi connectivity index (χ3n) is 5.49. The molecular formula is C24H22N2O5. The third-order valence-corrected chi connectivity index (χ3v) is 5.49. The van der Waals surface area contributed by atoms with Crippen LogP contribution < -0.4 is 10.9 Å². The maximum absolute atomic E-state index is 12.4. The zero-order valence-electron chi connectivity index (χ0n) is 16.7. The Kier molecular flexibility index (Phi) is 5.84. The fourth-order valence-electron chi connectivity index (χ4n) is 3.95. The molecule has 2 N–H and O–H groups in total. The predicted molar refractivity (Wildman–Crippen MR) is 115 cm³/mol. The van der Waals surface area contributed by atoms with E-state index in [0.29, 0.717) is 0 Å². The van der Waals surface area contributed by atoms with Crippen LogP contribution in [0.25, 0.3) is 11.1 Å². The standard InChI is InChI=1S/C24H22N2O5/c27-22-11-5-6-13-26(22)14-12-21(23(28)29)25-24(30)31-15-20-18-9-3-1-7-16(18)17-8-2-4-10-19(17)20/h1-11,13,20-21H,12,14-15H2,(H,25,30)(H,28,29). The second kappa shape index (κ2) is 8.87. The number of pyridine rings is 1. The van der Waals surface area contributed by atoms with Crippen LogP contribution in [0.2, 0.25) is 0 Å². The zero-order valence-corrected chi connectivity index (χ0v) is 16.7. The molecule has 0 aliphatic heterocycles. The van der Waals surface area contributed by atoms with Crippen LogP contribution in [-0.2, 0) is 16.1 Å². The van der Waals surface area contributed by atoms with Crippen molar-refractivity contribution in [1.29, 1.82) is 0 Å². The third kappa shape index (κ3) is 4.35. The predicted octanol–water partition coefficient (Wildman–Crippen LogP) is 3.23. The van der Waals surface area contributed by atoms with E-state index in [1.807, 2.05) is 48.5 Å². The van der Waals surface area contributed by atoms with Crippen molar-refractivity contribution in [3.63, 3.8) is 0 Å². The minimum absolute atomic E-state index is 0.0590. The quantitative estimate of drug-likeness (QED) is 0.614. The first kappa shape index (κ1) is 20.4. The lowest BCUT2D eigenvalue weighted by Gasteiger charge is -2.17. The van der Waals surface area contributed by atoms with Gasteiger partial charge < -0.3 is 19.7 Å². The lowest BCUT2D eigenvalue weighted by atomic mass is 9.98. The molecule has 3 aromatic rings. The van der Waals surface area contributed by atoms with Crippen molar-refractivity contribution in [2.45, 2.75) is 24.9 Å². The van der Waals surface area contributed by atoms with Crippen LogP contribution >= 0.6 is 0 Å². The number of benzene rings is 2. The number of alkyl carbamates (subject to hydrolysis) is 1. The first-order valence-electron chi connectivity index (χ1n) is 10.0. The number of carboxylic acids is 1. The van der Waals surface area contributed by atoms with Crippen molar-refractivity contribution in [3.05, 3.63) is 94.4 Å². The molecule has 0 saturated carbocycles. The number of ether oxygens (including phenoxy) is 1. The highest BCUT2D eigenvalue weighted by Crippen LogP contribution is 2.44. The molecule has 0 radical (unpaired) electrons. The van der Waals surface area contributed by atoms with Gasteiger partial charge in [-0.3, -0.25) is 4.79 Å². The first-order valence-corrected chi connectivity index (χ1v) is 10.0. The maximum Gasteiger partial charge on any atom is 0.407 e. The number of carbonyl (C=O) groups is 2. The van der Waals surface area contributed by atoms with Gasteiger partial charge in [0, 0.05) is 24.7 Å². The average molecular weight is 418 g/mol. The Hall–Kier alpha value is -3.87.